The summed E-state index contributed by atoms with van der Waals surface area (Å²) in [6, 6.07) is 0.945. The molecular weight excluding hydrogens is 248 g/mol. The van der Waals surface area contributed by atoms with Gasteiger partial charge in [0.25, 0.3) is 0 Å². The molecule has 0 fully saturated rings. The second kappa shape index (κ2) is 13.3. The van der Waals surface area contributed by atoms with Crippen LogP contribution in [0.3, 0.4) is 0 Å². The average Bonchev–Trinajstić information content (AvgIpc) is 2.39. The van der Waals surface area contributed by atoms with Crippen molar-refractivity contribution in [3.8, 4) is 0 Å². The molecule has 0 spiro atoms. The molecule has 0 unspecified atom stereocenters. The van der Waals surface area contributed by atoms with Crippen LogP contribution < -0.4 is 0 Å². The predicted molar refractivity (Wildman–Crippen MR) is 88.6 cm³/mol. The lowest BCUT2D eigenvalue weighted by atomic mass is 10.1. The molecule has 0 radical (unpaired) electrons. The minimum absolute atomic E-state index is 0.836. The maximum Gasteiger partial charge on any atom is 0.445 e. The quantitative estimate of drug-likeness (QED) is 0.246. The van der Waals surface area contributed by atoms with Crippen LogP contribution in [0, 0.1) is 0 Å². The highest BCUT2D eigenvalue weighted by molar-refractivity contribution is 5.67. The molecule has 0 saturated carbocycles. The van der Waals surface area contributed by atoms with E-state index in [0.717, 1.165) is 12.6 Å². The third kappa shape index (κ3) is 11.1. The van der Waals surface area contributed by atoms with Gasteiger partial charge in [0.2, 0.25) is 0 Å². The Kier molecular flexibility index (Phi) is 12.8. The van der Waals surface area contributed by atoms with Crippen molar-refractivity contribution in [1.82, 2.24) is 4.90 Å². The van der Waals surface area contributed by atoms with E-state index in [-0.39, 0.29) is 0 Å². The maximum atomic E-state index is 5.81. The summed E-state index contributed by atoms with van der Waals surface area (Å²) in [6.07, 6.45) is 13.7. The van der Waals surface area contributed by atoms with E-state index >= 15 is 0 Å². The molecule has 0 heterocycles. The van der Waals surface area contributed by atoms with E-state index in [1.807, 2.05) is 37.7 Å². The molecule has 3 heteroatoms. The summed E-state index contributed by atoms with van der Waals surface area (Å²) in [6.45, 7) is 3.11. The summed E-state index contributed by atoms with van der Waals surface area (Å²) in [7, 11) is 8.09. The fourth-order valence-corrected chi connectivity index (χ4v) is 2.41. The minimum atomic E-state index is 0.836. The van der Waals surface area contributed by atoms with E-state index in [9.17, 15) is 0 Å². The lowest BCUT2D eigenvalue weighted by Crippen LogP contribution is -2.32. The molecule has 0 saturated heterocycles. The van der Waals surface area contributed by atoms with Gasteiger partial charge in [-0.25, -0.2) is 9.48 Å². The van der Waals surface area contributed by atoms with Crippen molar-refractivity contribution in [3.05, 3.63) is 0 Å². The molecule has 0 aliphatic heterocycles. The van der Waals surface area contributed by atoms with E-state index in [2.05, 4.69) is 6.92 Å². The first-order valence-corrected chi connectivity index (χ1v) is 8.44. The van der Waals surface area contributed by atoms with Crippen LogP contribution in [0.1, 0.15) is 71.1 Å². The van der Waals surface area contributed by atoms with Crippen LogP contribution in [0.4, 0.5) is 0 Å². The molecule has 0 aromatic heterocycles. The van der Waals surface area contributed by atoms with Gasteiger partial charge in [0, 0.05) is 0 Å². The number of ether oxygens (including phenoxy) is 1. The van der Waals surface area contributed by atoms with Crippen molar-refractivity contribution in [3.63, 3.8) is 0 Å². The van der Waals surface area contributed by atoms with Crippen molar-refractivity contribution in [2.45, 2.75) is 71.1 Å². The van der Waals surface area contributed by atoms with E-state index in [1.165, 1.54) is 64.2 Å². The van der Waals surface area contributed by atoms with Gasteiger partial charge < -0.3 is 4.74 Å². The second-order valence-corrected chi connectivity index (χ2v) is 6.10. The molecule has 0 aliphatic carbocycles. The minimum Gasteiger partial charge on any atom is -0.432 e. The zero-order chi connectivity index (χ0) is 15.2. The highest BCUT2D eigenvalue weighted by atomic mass is 16.5. The number of nitrogens with zero attached hydrogens (tertiary/aromatic N) is 2. The summed E-state index contributed by atoms with van der Waals surface area (Å²) >= 11 is 0. The van der Waals surface area contributed by atoms with E-state index < -0.39 is 0 Å². The Bertz CT molecular complexity index is 245. The van der Waals surface area contributed by atoms with Crippen LogP contribution in [0.5, 0.6) is 0 Å². The third-order valence-electron chi connectivity index (χ3n) is 3.49. The summed E-state index contributed by atoms with van der Waals surface area (Å²) < 4.78 is 7.83. The first kappa shape index (κ1) is 19.3. The van der Waals surface area contributed by atoms with Gasteiger partial charge in [-0.15, -0.1) is 0 Å². The molecule has 0 aliphatic rings. The Hall–Kier alpha value is -0.730. The van der Waals surface area contributed by atoms with Gasteiger partial charge in [0.05, 0.1) is 34.8 Å². The molecule has 0 atom stereocenters. The topological polar surface area (TPSA) is 15.5 Å². The molecule has 0 amide bonds. The lowest BCUT2D eigenvalue weighted by Gasteiger charge is -2.11. The van der Waals surface area contributed by atoms with Gasteiger partial charge in [0.1, 0.15) is 0 Å². The first-order valence-electron chi connectivity index (χ1n) is 8.44. The van der Waals surface area contributed by atoms with Gasteiger partial charge in [0.15, 0.2) is 0 Å². The Labute approximate surface area is 127 Å². The van der Waals surface area contributed by atoms with Crippen LogP contribution in [-0.2, 0) is 4.74 Å². The van der Waals surface area contributed by atoms with Crippen LogP contribution in [-0.4, -0.2) is 50.3 Å². The fourth-order valence-electron chi connectivity index (χ4n) is 2.41. The standard InChI is InChI=1S/C17H37N2O/c1-6-7-8-9-10-11-12-13-14-15-16-20-17(18(2)3)19(4)5/h6-16H2,1-5H3/q+1. The van der Waals surface area contributed by atoms with Gasteiger partial charge in [-0.1, -0.05) is 64.7 Å². The fraction of sp³-hybridized carbons (Fsp3) is 0.941. The molecule has 0 bridgehead atoms. The molecule has 0 rings (SSSR count). The monoisotopic (exact) mass is 285 g/mol. The van der Waals surface area contributed by atoms with Crippen LogP contribution in [0.2, 0.25) is 0 Å². The Morgan fingerprint density at radius 2 is 1.25 bits per heavy atom. The van der Waals surface area contributed by atoms with Gasteiger partial charge in [-0.2, -0.15) is 0 Å². The maximum absolute atomic E-state index is 5.81. The highest BCUT2D eigenvalue weighted by Gasteiger charge is 2.12. The van der Waals surface area contributed by atoms with Crippen molar-refractivity contribution >= 4 is 6.02 Å². The molecule has 0 aromatic rings. The Morgan fingerprint density at radius 3 is 1.65 bits per heavy atom. The van der Waals surface area contributed by atoms with Gasteiger partial charge in [-0.05, 0) is 6.42 Å². The predicted octanol–water partition coefficient (Wildman–Crippen LogP) is 4.11. The number of unbranched alkanes of at least 4 members (excludes halogenated alkanes) is 9. The Morgan fingerprint density at radius 1 is 0.800 bits per heavy atom. The average molecular weight is 285 g/mol. The van der Waals surface area contributed by atoms with Crippen molar-refractivity contribution in [1.29, 1.82) is 0 Å². The van der Waals surface area contributed by atoms with Crippen LogP contribution in [0.15, 0.2) is 0 Å². The molecule has 0 aromatic carbocycles. The van der Waals surface area contributed by atoms with Crippen LogP contribution >= 0.6 is 0 Å². The van der Waals surface area contributed by atoms with Crippen LogP contribution in [0.25, 0.3) is 0 Å². The number of rotatable bonds is 11. The summed E-state index contributed by atoms with van der Waals surface area (Å²) in [5, 5.41) is 0. The zero-order valence-corrected chi connectivity index (χ0v) is 14.6. The number of amidine groups is 1. The van der Waals surface area contributed by atoms with Crippen molar-refractivity contribution in [2.75, 3.05) is 34.8 Å². The summed E-state index contributed by atoms with van der Waals surface area (Å²) in [4.78, 5) is 2.02. The van der Waals surface area contributed by atoms with E-state index in [1.54, 1.807) is 0 Å². The van der Waals surface area contributed by atoms with E-state index in [4.69, 9.17) is 4.74 Å². The zero-order valence-electron chi connectivity index (χ0n) is 14.6. The molecule has 120 valence electrons. The van der Waals surface area contributed by atoms with Crippen molar-refractivity contribution < 1.29 is 9.31 Å². The number of hydrogen-bond acceptors (Lipinski definition) is 1. The number of hydrogen-bond donors (Lipinski definition) is 0. The van der Waals surface area contributed by atoms with Gasteiger partial charge in [-0.3, -0.25) is 0 Å². The smallest absolute Gasteiger partial charge is 0.432 e. The lowest BCUT2D eigenvalue weighted by molar-refractivity contribution is -0.480. The first-order chi connectivity index (χ1) is 9.59. The third-order valence-corrected chi connectivity index (χ3v) is 3.49. The molecule has 3 nitrogen and oxygen atoms in total. The largest absolute Gasteiger partial charge is 0.445 e. The molecule has 0 N–H and O–H groups in total. The normalized spacial score (nSPS) is 10.4. The highest BCUT2D eigenvalue weighted by Crippen LogP contribution is 2.10. The van der Waals surface area contributed by atoms with Gasteiger partial charge >= 0.3 is 6.02 Å². The molecular formula is C17H37N2O+. The summed E-state index contributed by atoms with van der Waals surface area (Å²) in [5.41, 5.74) is 0. The van der Waals surface area contributed by atoms with E-state index in [0.29, 0.717) is 0 Å². The second-order valence-electron chi connectivity index (χ2n) is 6.10. The summed E-state index contributed by atoms with van der Waals surface area (Å²) in [5.74, 6) is 0. The molecule has 20 heavy (non-hydrogen) atoms. The van der Waals surface area contributed by atoms with Crippen molar-refractivity contribution in [2.24, 2.45) is 0 Å². The SMILES string of the molecule is CCCCCCCCCCCCOC(N(C)C)=[N+](C)C. The Balaban J connectivity index is 3.35.